The molecule has 0 amide bonds. The molecule has 3 nitrogen and oxygen atoms in total. The molecule has 0 spiro atoms. The molecule has 0 heterocycles. The van der Waals surface area contributed by atoms with Crippen LogP contribution in [0, 0.1) is 6.92 Å². The Kier molecular flexibility index (Phi) is 10.5. The molecule has 0 saturated carbocycles. The summed E-state index contributed by atoms with van der Waals surface area (Å²) in [7, 11) is 4.10. The number of hydrogen-bond acceptors (Lipinski definition) is 4. The van der Waals surface area contributed by atoms with Crippen molar-refractivity contribution in [2.75, 3.05) is 29.6 Å². The van der Waals surface area contributed by atoms with Crippen LogP contribution in [0.15, 0.2) is 170 Å². The molecule has 6 rings (SSSR count). The number of nitrogen functional groups attached to an aromatic ring is 1. The van der Waals surface area contributed by atoms with Gasteiger partial charge >= 0.3 is 0 Å². The number of nitrogens with two attached hydrogens (primary N) is 1. The Balaban J connectivity index is 1.10. The van der Waals surface area contributed by atoms with Crippen LogP contribution < -0.4 is 15.5 Å². The van der Waals surface area contributed by atoms with Crippen LogP contribution in [0.2, 0.25) is 0 Å². The highest BCUT2D eigenvalue weighted by Gasteiger charge is 2.14. The number of aryl methyl sites for hydroxylation is 1. The summed E-state index contributed by atoms with van der Waals surface area (Å²) in [6.07, 6.45) is 3.79. The van der Waals surface area contributed by atoms with Crippen molar-refractivity contribution in [2.45, 2.75) is 16.7 Å². The molecular weight excluding hydrogens is 639 g/mol. The van der Waals surface area contributed by atoms with Crippen molar-refractivity contribution in [3.05, 3.63) is 188 Å². The van der Waals surface area contributed by atoms with Gasteiger partial charge in [0.15, 0.2) is 0 Å². The third-order valence-electron chi connectivity index (χ3n) is 9.29. The monoisotopic (exact) mass is 681 g/mol. The van der Waals surface area contributed by atoms with Crippen molar-refractivity contribution < 1.29 is 0 Å². The van der Waals surface area contributed by atoms with Gasteiger partial charge in [-0.3, -0.25) is 0 Å². The lowest BCUT2D eigenvalue weighted by Gasteiger charge is -2.24. The minimum Gasteiger partial charge on any atom is -0.399 e. The summed E-state index contributed by atoms with van der Waals surface area (Å²) < 4.78 is 0. The molecule has 252 valence electrons. The maximum absolute atomic E-state index is 5.89. The number of benzene rings is 6. The van der Waals surface area contributed by atoms with Gasteiger partial charge in [-0.05, 0) is 113 Å². The van der Waals surface area contributed by atoms with Gasteiger partial charge in [-0.1, -0.05) is 116 Å². The fraction of sp³-hybridized carbons (Fsp3) is 0.0638. The van der Waals surface area contributed by atoms with Gasteiger partial charge in [-0.15, -0.1) is 0 Å². The highest BCUT2D eigenvalue weighted by molar-refractivity contribution is 7.99. The second kappa shape index (κ2) is 15.3. The van der Waals surface area contributed by atoms with Crippen LogP contribution in [0.25, 0.3) is 45.8 Å². The molecule has 0 aliphatic heterocycles. The van der Waals surface area contributed by atoms with Gasteiger partial charge in [0.25, 0.3) is 0 Å². The molecule has 6 aromatic carbocycles. The van der Waals surface area contributed by atoms with Crippen molar-refractivity contribution in [1.29, 1.82) is 0 Å². The van der Waals surface area contributed by atoms with Gasteiger partial charge < -0.3 is 15.5 Å². The van der Waals surface area contributed by atoms with Crippen LogP contribution in [0.4, 0.5) is 17.1 Å². The SMILES string of the molecule is C=Cc1cc(-c2ccc(C)cc2)ccc1C(=C)N(C)c1ccc(Sc2ccc(N(C)C(=C)c3ccc(-c4ccc(N)cc4)cc3C=C)cc2)cc1. The Hall–Kier alpha value is -5.97. The molecule has 0 aliphatic carbocycles. The molecule has 0 bridgehead atoms. The fourth-order valence-electron chi connectivity index (χ4n) is 6.05. The minimum absolute atomic E-state index is 0.752. The molecule has 0 aliphatic rings. The quantitative estimate of drug-likeness (QED) is 0.130. The summed E-state index contributed by atoms with van der Waals surface area (Å²) in [6.45, 7) is 19.2. The maximum atomic E-state index is 5.89. The zero-order valence-electron chi connectivity index (χ0n) is 29.6. The van der Waals surface area contributed by atoms with Crippen molar-refractivity contribution in [1.82, 2.24) is 0 Å². The van der Waals surface area contributed by atoms with Crippen molar-refractivity contribution >= 4 is 52.4 Å². The molecular formula is C47H43N3S. The van der Waals surface area contributed by atoms with Crippen molar-refractivity contribution in [3.8, 4) is 22.3 Å². The predicted molar refractivity (Wildman–Crippen MR) is 225 cm³/mol. The molecule has 6 aromatic rings. The van der Waals surface area contributed by atoms with Crippen LogP contribution in [0.3, 0.4) is 0 Å². The predicted octanol–water partition coefficient (Wildman–Crippen LogP) is 12.6. The summed E-state index contributed by atoms with van der Waals surface area (Å²) in [4.78, 5) is 6.56. The van der Waals surface area contributed by atoms with Gasteiger partial charge in [-0.25, -0.2) is 0 Å². The van der Waals surface area contributed by atoms with Crippen LogP contribution in [0.1, 0.15) is 27.8 Å². The highest BCUT2D eigenvalue weighted by Crippen LogP contribution is 2.35. The van der Waals surface area contributed by atoms with E-state index in [0.717, 1.165) is 77.2 Å². The minimum atomic E-state index is 0.752. The first-order chi connectivity index (χ1) is 24.6. The molecule has 0 radical (unpaired) electrons. The Labute approximate surface area is 307 Å². The van der Waals surface area contributed by atoms with Gasteiger partial charge in [0.1, 0.15) is 0 Å². The average Bonchev–Trinajstić information content (AvgIpc) is 3.17. The molecule has 0 atom stereocenters. The topological polar surface area (TPSA) is 32.5 Å². The second-order valence-electron chi connectivity index (χ2n) is 12.6. The van der Waals surface area contributed by atoms with Crippen LogP contribution in [0.5, 0.6) is 0 Å². The van der Waals surface area contributed by atoms with E-state index in [2.05, 4.69) is 159 Å². The lowest BCUT2D eigenvalue weighted by atomic mass is 9.97. The molecule has 0 saturated heterocycles. The standard InChI is InChI=1S/C47H43N3S/c1-8-35-30-39(37-12-10-32(3)11-13-37)16-28-46(35)33(4)49(6)42-20-24-44(25-21-42)51-45-26-22-43(23-27-45)50(7)34(5)47-29-17-40(31-36(47)9-2)38-14-18-41(48)19-15-38/h8-31H,1-2,4-5,48H2,3,6-7H3. The lowest BCUT2D eigenvalue weighted by Crippen LogP contribution is -2.15. The Morgan fingerprint density at radius 1 is 0.529 bits per heavy atom. The molecule has 4 heteroatoms. The van der Waals surface area contributed by atoms with E-state index in [4.69, 9.17) is 5.73 Å². The van der Waals surface area contributed by atoms with Gasteiger partial charge in [0, 0.05) is 63.5 Å². The Bertz CT molecular complexity index is 2050. The molecule has 0 aromatic heterocycles. The zero-order chi connectivity index (χ0) is 36.1. The van der Waals surface area contributed by atoms with E-state index in [1.54, 1.807) is 11.8 Å². The summed E-state index contributed by atoms with van der Waals surface area (Å²) in [5.41, 5.74) is 20.6. The second-order valence-corrected chi connectivity index (χ2v) is 13.7. The first-order valence-electron chi connectivity index (χ1n) is 16.8. The summed E-state index contributed by atoms with van der Waals surface area (Å²) in [5, 5.41) is 0. The molecule has 51 heavy (non-hydrogen) atoms. The third kappa shape index (κ3) is 7.77. The van der Waals surface area contributed by atoms with Gasteiger partial charge in [-0.2, -0.15) is 0 Å². The fourth-order valence-corrected chi connectivity index (χ4v) is 6.87. The van der Waals surface area contributed by atoms with Crippen LogP contribution in [-0.2, 0) is 0 Å². The third-order valence-corrected chi connectivity index (χ3v) is 10.3. The number of anilines is 3. The summed E-state index contributed by atoms with van der Waals surface area (Å²) in [5.74, 6) is 0. The first kappa shape index (κ1) is 34.9. The Morgan fingerprint density at radius 3 is 1.29 bits per heavy atom. The highest BCUT2D eigenvalue weighted by atomic mass is 32.2. The zero-order valence-corrected chi connectivity index (χ0v) is 30.4. The van der Waals surface area contributed by atoms with Crippen LogP contribution >= 0.6 is 11.8 Å². The van der Waals surface area contributed by atoms with Crippen molar-refractivity contribution in [2.24, 2.45) is 0 Å². The van der Waals surface area contributed by atoms with E-state index >= 15 is 0 Å². The van der Waals surface area contributed by atoms with Gasteiger partial charge in [0.05, 0.1) is 0 Å². The van der Waals surface area contributed by atoms with Crippen molar-refractivity contribution in [3.63, 3.8) is 0 Å². The molecule has 2 N–H and O–H groups in total. The van der Waals surface area contributed by atoms with E-state index in [1.165, 1.54) is 11.1 Å². The largest absolute Gasteiger partial charge is 0.399 e. The smallest absolute Gasteiger partial charge is 0.0414 e. The normalized spacial score (nSPS) is 10.7. The summed E-state index contributed by atoms with van der Waals surface area (Å²) >= 11 is 1.73. The van der Waals surface area contributed by atoms with E-state index in [-0.39, 0.29) is 0 Å². The average molecular weight is 682 g/mol. The van der Waals surface area contributed by atoms with E-state index in [0.29, 0.717) is 0 Å². The van der Waals surface area contributed by atoms with E-state index in [1.807, 2.05) is 43.5 Å². The van der Waals surface area contributed by atoms with E-state index < -0.39 is 0 Å². The van der Waals surface area contributed by atoms with Gasteiger partial charge in [0.2, 0.25) is 0 Å². The Morgan fingerprint density at radius 2 is 0.902 bits per heavy atom. The first-order valence-corrected chi connectivity index (χ1v) is 17.7. The summed E-state index contributed by atoms with van der Waals surface area (Å²) in [6, 6.07) is 46.6. The number of hydrogen-bond donors (Lipinski definition) is 1. The number of nitrogens with zero attached hydrogens (tertiary/aromatic N) is 2. The lowest BCUT2D eigenvalue weighted by molar-refractivity contribution is 1.21. The van der Waals surface area contributed by atoms with E-state index in [9.17, 15) is 0 Å². The maximum Gasteiger partial charge on any atom is 0.0414 e. The molecule has 0 unspecified atom stereocenters. The molecule has 0 fully saturated rings. The number of rotatable bonds is 12. The van der Waals surface area contributed by atoms with Crippen LogP contribution in [-0.4, -0.2) is 14.1 Å².